The normalized spacial score (nSPS) is 21.3. The zero-order chi connectivity index (χ0) is 14.0. The maximum atomic E-state index is 13.1. The molecule has 0 amide bonds. The van der Waals surface area contributed by atoms with Gasteiger partial charge >= 0.3 is 0 Å². The van der Waals surface area contributed by atoms with E-state index in [1.807, 2.05) is 6.07 Å². The molecule has 2 rings (SSSR count). The molecule has 106 valence electrons. The molecule has 2 N–H and O–H groups in total. The Bertz CT molecular complexity index is 428. The summed E-state index contributed by atoms with van der Waals surface area (Å²) in [5.41, 5.74) is 7.13. The highest BCUT2D eigenvalue weighted by atomic mass is 79.9. The third-order valence-corrected chi connectivity index (χ3v) is 4.96. The first kappa shape index (κ1) is 14.9. The van der Waals surface area contributed by atoms with E-state index < -0.39 is 0 Å². The quantitative estimate of drug-likeness (QED) is 0.916. The largest absolute Gasteiger partial charge is 0.328 e. The summed E-state index contributed by atoms with van der Waals surface area (Å²) in [4.78, 5) is 2.46. The number of hydrogen-bond donors (Lipinski definition) is 1. The van der Waals surface area contributed by atoms with Gasteiger partial charge in [0, 0.05) is 16.6 Å². The maximum absolute atomic E-state index is 13.1. The van der Waals surface area contributed by atoms with E-state index in [-0.39, 0.29) is 11.9 Å². The molecule has 2 unspecified atom stereocenters. The zero-order valence-electron chi connectivity index (χ0n) is 11.6. The van der Waals surface area contributed by atoms with Gasteiger partial charge in [0.15, 0.2) is 0 Å². The fraction of sp³-hybridized carbons (Fsp3) is 0.600. The predicted molar refractivity (Wildman–Crippen MR) is 80.5 cm³/mol. The predicted octanol–water partition coefficient (Wildman–Crippen LogP) is 3.71. The highest BCUT2D eigenvalue weighted by Crippen LogP contribution is 2.31. The fourth-order valence-corrected chi connectivity index (χ4v) is 3.55. The minimum absolute atomic E-state index is 0.196. The lowest BCUT2D eigenvalue weighted by Crippen LogP contribution is -2.40. The molecule has 0 aliphatic carbocycles. The van der Waals surface area contributed by atoms with Crippen molar-refractivity contribution in [3.63, 3.8) is 0 Å². The van der Waals surface area contributed by atoms with Crippen LogP contribution < -0.4 is 5.73 Å². The van der Waals surface area contributed by atoms with Crippen LogP contribution in [-0.2, 0) is 0 Å². The number of hydrogen-bond acceptors (Lipinski definition) is 2. The molecule has 0 saturated carbocycles. The highest BCUT2D eigenvalue weighted by Gasteiger charge is 2.26. The number of nitrogens with zero attached hydrogens (tertiary/aromatic N) is 1. The standard InChI is InChI=1S/C15H22BrFN2/c1-10(18)12-5-7-19(8-6-12)11(2)14-4-3-13(17)9-15(14)16/h3-4,9-12H,5-8,18H2,1-2H3. The second-order valence-corrected chi connectivity index (χ2v) is 6.43. The molecule has 2 atom stereocenters. The highest BCUT2D eigenvalue weighted by molar-refractivity contribution is 9.10. The molecule has 1 aliphatic rings. The third-order valence-electron chi connectivity index (χ3n) is 4.28. The SMILES string of the molecule is CC(N)C1CCN(C(C)c2ccc(F)cc2Br)CC1. The molecule has 1 saturated heterocycles. The summed E-state index contributed by atoms with van der Waals surface area (Å²) in [5.74, 6) is 0.443. The van der Waals surface area contributed by atoms with Gasteiger partial charge in [-0.25, -0.2) is 4.39 Å². The van der Waals surface area contributed by atoms with Gasteiger partial charge < -0.3 is 5.73 Å². The zero-order valence-corrected chi connectivity index (χ0v) is 13.2. The third kappa shape index (κ3) is 3.56. The van der Waals surface area contributed by atoms with E-state index >= 15 is 0 Å². The van der Waals surface area contributed by atoms with Crippen molar-refractivity contribution in [2.24, 2.45) is 11.7 Å². The van der Waals surface area contributed by atoms with E-state index in [4.69, 9.17) is 5.73 Å². The summed E-state index contributed by atoms with van der Waals surface area (Å²) in [6, 6.07) is 5.55. The van der Waals surface area contributed by atoms with Crippen LogP contribution in [0.3, 0.4) is 0 Å². The molecule has 0 spiro atoms. The minimum Gasteiger partial charge on any atom is -0.328 e. The molecule has 1 heterocycles. The van der Waals surface area contributed by atoms with Crippen molar-refractivity contribution in [1.29, 1.82) is 0 Å². The monoisotopic (exact) mass is 328 g/mol. The lowest BCUT2D eigenvalue weighted by Gasteiger charge is -2.37. The van der Waals surface area contributed by atoms with Crippen LogP contribution in [0.1, 0.15) is 38.3 Å². The first-order valence-electron chi connectivity index (χ1n) is 6.93. The number of piperidine rings is 1. The Balaban J connectivity index is 2.03. The summed E-state index contributed by atoms with van der Waals surface area (Å²) in [5, 5.41) is 0. The average Bonchev–Trinajstić information content (AvgIpc) is 2.38. The molecule has 4 heteroatoms. The number of benzene rings is 1. The smallest absolute Gasteiger partial charge is 0.124 e. The van der Waals surface area contributed by atoms with E-state index in [2.05, 4.69) is 34.7 Å². The van der Waals surface area contributed by atoms with Gasteiger partial charge in [-0.2, -0.15) is 0 Å². The summed E-state index contributed by atoms with van der Waals surface area (Å²) in [6.45, 7) is 6.42. The molecule has 0 bridgehead atoms. The fourth-order valence-electron chi connectivity index (χ4n) is 2.87. The van der Waals surface area contributed by atoms with Crippen LogP contribution in [0.5, 0.6) is 0 Å². The Labute approximate surface area is 123 Å². The molecule has 1 aliphatic heterocycles. The van der Waals surface area contributed by atoms with Crippen LogP contribution in [0.2, 0.25) is 0 Å². The van der Waals surface area contributed by atoms with Crippen LogP contribution >= 0.6 is 15.9 Å². The summed E-state index contributed by atoms with van der Waals surface area (Å²) in [6.07, 6.45) is 2.31. The molecule has 1 aromatic rings. The van der Waals surface area contributed by atoms with Crippen molar-refractivity contribution in [1.82, 2.24) is 4.90 Å². The van der Waals surface area contributed by atoms with Crippen molar-refractivity contribution in [2.45, 2.75) is 38.8 Å². The average molecular weight is 329 g/mol. The Morgan fingerprint density at radius 3 is 2.47 bits per heavy atom. The van der Waals surface area contributed by atoms with Gasteiger partial charge in [0.2, 0.25) is 0 Å². The van der Waals surface area contributed by atoms with Gasteiger partial charge in [-0.1, -0.05) is 22.0 Å². The first-order chi connectivity index (χ1) is 8.99. The van der Waals surface area contributed by atoms with Gasteiger partial charge in [0.05, 0.1) is 0 Å². The molecule has 2 nitrogen and oxygen atoms in total. The summed E-state index contributed by atoms with van der Waals surface area (Å²) >= 11 is 3.46. The van der Waals surface area contributed by atoms with Crippen molar-refractivity contribution >= 4 is 15.9 Å². The molecule has 0 radical (unpaired) electrons. The molecule has 0 aromatic heterocycles. The molecule has 1 aromatic carbocycles. The van der Waals surface area contributed by atoms with Crippen LogP contribution in [0.15, 0.2) is 22.7 Å². The minimum atomic E-state index is -0.196. The topological polar surface area (TPSA) is 29.3 Å². The van der Waals surface area contributed by atoms with E-state index in [1.54, 1.807) is 6.07 Å². The summed E-state index contributed by atoms with van der Waals surface area (Å²) < 4.78 is 14.0. The van der Waals surface area contributed by atoms with Crippen LogP contribution in [-0.4, -0.2) is 24.0 Å². The number of likely N-dealkylation sites (tertiary alicyclic amines) is 1. The van der Waals surface area contributed by atoms with Crippen molar-refractivity contribution in [3.05, 3.63) is 34.1 Å². The van der Waals surface area contributed by atoms with Crippen molar-refractivity contribution < 1.29 is 4.39 Å². The van der Waals surface area contributed by atoms with E-state index in [9.17, 15) is 4.39 Å². The number of rotatable bonds is 3. The Morgan fingerprint density at radius 1 is 1.32 bits per heavy atom. The molecular formula is C15H22BrFN2. The van der Waals surface area contributed by atoms with E-state index in [0.29, 0.717) is 12.0 Å². The lowest BCUT2D eigenvalue weighted by atomic mass is 9.90. The molecule has 19 heavy (non-hydrogen) atoms. The second kappa shape index (κ2) is 6.33. The number of nitrogens with two attached hydrogens (primary N) is 1. The number of halogens is 2. The molecule has 1 fully saturated rings. The van der Waals surface area contributed by atoms with Crippen molar-refractivity contribution in [2.75, 3.05) is 13.1 Å². The van der Waals surface area contributed by atoms with E-state index in [0.717, 1.165) is 36.0 Å². The molecular weight excluding hydrogens is 307 g/mol. The van der Waals surface area contributed by atoms with Gasteiger partial charge in [0.25, 0.3) is 0 Å². The second-order valence-electron chi connectivity index (χ2n) is 5.57. The Hall–Kier alpha value is -0.450. The van der Waals surface area contributed by atoms with Gasteiger partial charge in [-0.15, -0.1) is 0 Å². The van der Waals surface area contributed by atoms with Gasteiger partial charge in [-0.05, 0) is 63.4 Å². The summed E-state index contributed by atoms with van der Waals surface area (Å²) in [7, 11) is 0. The van der Waals surface area contributed by atoms with Gasteiger partial charge in [0.1, 0.15) is 5.82 Å². The van der Waals surface area contributed by atoms with Crippen LogP contribution in [0.25, 0.3) is 0 Å². The van der Waals surface area contributed by atoms with Gasteiger partial charge in [-0.3, -0.25) is 4.90 Å². The Morgan fingerprint density at radius 2 is 1.95 bits per heavy atom. The maximum Gasteiger partial charge on any atom is 0.124 e. The van der Waals surface area contributed by atoms with E-state index in [1.165, 1.54) is 6.07 Å². The van der Waals surface area contributed by atoms with Crippen LogP contribution in [0.4, 0.5) is 4.39 Å². The first-order valence-corrected chi connectivity index (χ1v) is 7.73. The van der Waals surface area contributed by atoms with Crippen LogP contribution in [0, 0.1) is 11.7 Å². The van der Waals surface area contributed by atoms with Crippen molar-refractivity contribution in [3.8, 4) is 0 Å². The lowest BCUT2D eigenvalue weighted by molar-refractivity contribution is 0.132. The Kier molecular flexibility index (Phi) is 4.98.